The van der Waals surface area contributed by atoms with Gasteiger partial charge in [-0.15, -0.1) is 0 Å². The molecule has 1 unspecified atom stereocenters. The van der Waals surface area contributed by atoms with Gasteiger partial charge < -0.3 is 19.9 Å². The van der Waals surface area contributed by atoms with E-state index in [4.69, 9.17) is 4.74 Å². The highest BCUT2D eigenvalue weighted by molar-refractivity contribution is 6.23. The highest BCUT2D eigenvalue weighted by Gasteiger charge is 2.45. The van der Waals surface area contributed by atoms with E-state index < -0.39 is 29.7 Å². The number of anilines is 2. The number of carbonyl (C=O) groups excluding carboxylic acids is 6. The number of nitrogens with one attached hydrogen (secondary N) is 3. The van der Waals surface area contributed by atoms with Crippen molar-refractivity contribution in [1.29, 1.82) is 0 Å². The second-order valence-corrected chi connectivity index (χ2v) is 15.7. The fourth-order valence-electron chi connectivity index (χ4n) is 8.73. The van der Waals surface area contributed by atoms with E-state index in [0.29, 0.717) is 5.82 Å². The summed E-state index contributed by atoms with van der Waals surface area (Å²) < 4.78 is 5.87. The summed E-state index contributed by atoms with van der Waals surface area (Å²) >= 11 is 0. The summed E-state index contributed by atoms with van der Waals surface area (Å²) in [4.78, 5) is 83.4. The SMILES string of the molecule is C[C@H]1CCCCN1C(=O)O[C@@H]1CC[C@H](c2cc(NC(=O)Cc3ccc(CN4CCN(c5ccc6c(c5)C(=O)N(C5CCC(=O)NC5=O)C6=O)CC4)cc3)n[nH]2)C1. The van der Waals surface area contributed by atoms with Crippen molar-refractivity contribution in [2.75, 3.05) is 42.9 Å². The van der Waals surface area contributed by atoms with Gasteiger partial charge in [0.05, 0.1) is 17.5 Å². The third-order valence-corrected chi connectivity index (χ3v) is 11.9. The molecule has 8 rings (SSSR count). The van der Waals surface area contributed by atoms with Crippen LogP contribution in [0.4, 0.5) is 16.3 Å². The summed E-state index contributed by atoms with van der Waals surface area (Å²) in [7, 11) is 0. The summed E-state index contributed by atoms with van der Waals surface area (Å²) in [6.07, 6.45) is 5.74. The minimum atomic E-state index is -0.986. The van der Waals surface area contributed by atoms with Crippen molar-refractivity contribution in [3.8, 4) is 0 Å². The molecular weight excluding hydrogens is 716 g/mol. The Labute approximate surface area is 325 Å². The smallest absolute Gasteiger partial charge is 0.410 e. The molecule has 1 saturated carbocycles. The molecule has 5 heterocycles. The molecule has 15 nitrogen and oxygen atoms in total. The number of aromatic amines is 1. The van der Waals surface area contributed by atoms with Gasteiger partial charge in [0.1, 0.15) is 12.1 Å². The molecule has 15 heteroatoms. The minimum absolute atomic E-state index is 0.0813. The van der Waals surface area contributed by atoms with Gasteiger partial charge in [-0.25, -0.2) is 4.79 Å². The first-order valence-electron chi connectivity index (χ1n) is 19.8. The number of H-pyrrole nitrogens is 1. The van der Waals surface area contributed by atoms with E-state index in [1.165, 1.54) is 0 Å². The van der Waals surface area contributed by atoms with E-state index in [1.54, 1.807) is 12.1 Å². The lowest BCUT2D eigenvalue weighted by molar-refractivity contribution is -0.136. The van der Waals surface area contributed by atoms with Gasteiger partial charge in [-0.3, -0.25) is 44.2 Å². The normalized spacial score (nSPS) is 24.3. The van der Waals surface area contributed by atoms with Crippen LogP contribution in [-0.4, -0.2) is 111 Å². The molecule has 1 aliphatic carbocycles. The molecule has 4 atom stereocenters. The predicted octanol–water partition coefficient (Wildman–Crippen LogP) is 3.96. The quantitative estimate of drug-likeness (QED) is 0.271. The van der Waals surface area contributed by atoms with E-state index in [2.05, 4.69) is 37.6 Å². The fourth-order valence-corrected chi connectivity index (χ4v) is 8.73. The molecule has 2 aromatic carbocycles. The summed E-state index contributed by atoms with van der Waals surface area (Å²) in [6, 6.07) is 14.4. The number of imide groups is 2. The molecule has 6 amide bonds. The van der Waals surface area contributed by atoms with Gasteiger partial charge in [0.15, 0.2) is 5.82 Å². The Balaban J connectivity index is 0.775. The number of ether oxygens (including phenoxy) is 1. The number of hydrogen-bond acceptors (Lipinski definition) is 10. The van der Waals surface area contributed by atoms with Crippen molar-refractivity contribution in [3.05, 3.63) is 76.5 Å². The largest absolute Gasteiger partial charge is 0.446 e. The van der Waals surface area contributed by atoms with Crippen molar-refractivity contribution in [2.24, 2.45) is 0 Å². The van der Waals surface area contributed by atoms with Crippen LogP contribution in [0, 0.1) is 0 Å². The molecule has 3 aromatic rings. The molecule has 56 heavy (non-hydrogen) atoms. The topological polar surface area (TPSA) is 177 Å². The second-order valence-electron chi connectivity index (χ2n) is 15.7. The number of aromatic nitrogens is 2. The van der Waals surface area contributed by atoms with Gasteiger partial charge in [-0.1, -0.05) is 24.3 Å². The standard InChI is InChI=1S/C41H48N8O7/c1-25-4-2-3-15-48(25)41(55)56-30-11-9-28(21-30)33-23-35(45-44-33)42-37(51)20-26-5-7-27(8-6-26)24-46-16-18-47(19-17-46)29-10-12-31-32(22-29)40(54)49(39(31)53)34-13-14-36(50)43-38(34)52/h5-8,10,12,22-23,25,28,30,34H,2-4,9,11,13-21,24H2,1H3,(H,43,50,52)(H2,42,44,45,51)/t25-,28-,30+,34?/m0/s1. The fraction of sp³-hybridized carbons (Fsp3) is 0.488. The molecule has 0 spiro atoms. The van der Waals surface area contributed by atoms with E-state index in [-0.39, 0.29) is 60.5 Å². The van der Waals surface area contributed by atoms with Crippen molar-refractivity contribution < 1.29 is 33.5 Å². The first-order valence-corrected chi connectivity index (χ1v) is 19.8. The molecule has 1 aromatic heterocycles. The number of rotatable bonds is 9. The molecule has 3 saturated heterocycles. The van der Waals surface area contributed by atoms with Crippen LogP contribution in [-0.2, 0) is 32.1 Å². The van der Waals surface area contributed by atoms with Gasteiger partial charge >= 0.3 is 6.09 Å². The Hall–Kier alpha value is -5.57. The number of piperazine rings is 1. The van der Waals surface area contributed by atoms with Crippen LogP contribution in [0.15, 0.2) is 48.5 Å². The maximum absolute atomic E-state index is 13.3. The van der Waals surface area contributed by atoms with Gasteiger partial charge in [0.25, 0.3) is 11.8 Å². The molecular formula is C41H48N8O7. The van der Waals surface area contributed by atoms with Crippen molar-refractivity contribution in [1.82, 2.24) is 30.2 Å². The lowest BCUT2D eigenvalue weighted by Crippen LogP contribution is -2.54. The van der Waals surface area contributed by atoms with E-state index in [9.17, 15) is 28.8 Å². The zero-order valence-corrected chi connectivity index (χ0v) is 31.6. The molecule has 0 radical (unpaired) electrons. The number of piperidine rings is 2. The van der Waals surface area contributed by atoms with Crippen LogP contribution in [0.3, 0.4) is 0 Å². The zero-order chi connectivity index (χ0) is 38.9. The van der Waals surface area contributed by atoms with Crippen LogP contribution >= 0.6 is 0 Å². The average Bonchev–Trinajstić information content (AvgIpc) is 3.91. The highest BCUT2D eigenvalue weighted by Crippen LogP contribution is 2.37. The Kier molecular flexibility index (Phi) is 10.6. The minimum Gasteiger partial charge on any atom is -0.446 e. The first kappa shape index (κ1) is 37.4. The molecule has 294 valence electrons. The summed E-state index contributed by atoms with van der Waals surface area (Å²) in [5.74, 6) is -1.51. The second kappa shape index (κ2) is 15.9. The van der Waals surface area contributed by atoms with Crippen molar-refractivity contribution in [3.63, 3.8) is 0 Å². The average molecular weight is 765 g/mol. The van der Waals surface area contributed by atoms with Crippen LogP contribution in [0.5, 0.6) is 0 Å². The number of likely N-dealkylation sites (tertiary alicyclic amines) is 1. The Morgan fingerprint density at radius 1 is 0.857 bits per heavy atom. The maximum Gasteiger partial charge on any atom is 0.410 e. The van der Waals surface area contributed by atoms with Crippen LogP contribution in [0.1, 0.15) is 102 Å². The molecule has 4 aliphatic heterocycles. The lowest BCUT2D eigenvalue weighted by Gasteiger charge is -2.36. The lowest BCUT2D eigenvalue weighted by atomic mass is 10.0. The molecule has 3 N–H and O–H groups in total. The van der Waals surface area contributed by atoms with E-state index >= 15 is 0 Å². The Morgan fingerprint density at radius 3 is 2.39 bits per heavy atom. The maximum atomic E-state index is 13.3. The first-order chi connectivity index (χ1) is 27.1. The van der Waals surface area contributed by atoms with Crippen LogP contribution in [0.25, 0.3) is 0 Å². The molecule has 5 aliphatic rings. The van der Waals surface area contributed by atoms with E-state index in [1.807, 2.05) is 41.3 Å². The number of nitrogens with zero attached hydrogens (tertiary/aromatic N) is 5. The Bertz CT molecular complexity index is 2020. The van der Waals surface area contributed by atoms with Crippen molar-refractivity contribution in [2.45, 2.75) is 95.4 Å². The molecule has 4 fully saturated rings. The summed E-state index contributed by atoms with van der Waals surface area (Å²) in [5, 5.41) is 12.5. The summed E-state index contributed by atoms with van der Waals surface area (Å²) in [5.41, 5.74) is 4.37. The van der Waals surface area contributed by atoms with Gasteiger partial charge in [-0.05, 0) is 81.2 Å². The van der Waals surface area contributed by atoms with Gasteiger partial charge in [0, 0.05) is 75.1 Å². The van der Waals surface area contributed by atoms with Gasteiger partial charge in [-0.2, -0.15) is 5.10 Å². The van der Waals surface area contributed by atoms with E-state index in [0.717, 1.165) is 105 Å². The van der Waals surface area contributed by atoms with Crippen LogP contribution < -0.4 is 15.5 Å². The van der Waals surface area contributed by atoms with Crippen molar-refractivity contribution >= 4 is 47.1 Å². The number of benzene rings is 2. The third-order valence-electron chi connectivity index (χ3n) is 11.9. The number of amides is 6. The van der Waals surface area contributed by atoms with Crippen LogP contribution in [0.2, 0.25) is 0 Å². The monoisotopic (exact) mass is 764 g/mol. The Morgan fingerprint density at radius 2 is 1.62 bits per heavy atom. The number of carbonyl (C=O) groups is 6. The predicted molar refractivity (Wildman–Crippen MR) is 205 cm³/mol. The van der Waals surface area contributed by atoms with Gasteiger partial charge in [0.2, 0.25) is 17.7 Å². The number of fused-ring (bicyclic) bond motifs is 1. The third kappa shape index (κ3) is 7.90. The molecule has 0 bridgehead atoms. The number of hydrogen-bond donors (Lipinski definition) is 3. The zero-order valence-electron chi connectivity index (χ0n) is 31.6. The summed E-state index contributed by atoms with van der Waals surface area (Å²) in [6.45, 7) is 6.67. The highest BCUT2D eigenvalue weighted by atomic mass is 16.6.